The molecular formula is C35H37F3NS+. The lowest BCUT2D eigenvalue weighted by atomic mass is 9.82. The number of fused-ring (bicyclic) bond motifs is 2. The minimum Gasteiger partial charge on any atom is -0.171 e. The second-order valence-electron chi connectivity index (χ2n) is 12.7. The SMILES string of the molecule is Cc1c(-[n+]2c(C)ccc3c(C)c(-c4ccc(CC(C)(C)C(F)(F)F)cc4)sc32)cc(C(C)(C)C)c2ccccc12. The van der Waals surface area contributed by atoms with E-state index in [-0.39, 0.29) is 11.8 Å². The van der Waals surface area contributed by atoms with Gasteiger partial charge in [0.15, 0.2) is 5.69 Å². The molecule has 5 aromatic rings. The summed E-state index contributed by atoms with van der Waals surface area (Å²) >= 11 is 1.75. The first-order chi connectivity index (χ1) is 18.6. The van der Waals surface area contributed by atoms with Crippen LogP contribution in [0, 0.1) is 26.2 Å². The summed E-state index contributed by atoms with van der Waals surface area (Å²) in [6.07, 6.45) is -4.29. The Morgan fingerprint density at radius 2 is 1.35 bits per heavy atom. The molecule has 0 amide bonds. The fourth-order valence-electron chi connectivity index (χ4n) is 5.63. The van der Waals surface area contributed by atoms with Crippen molar-refractivity contribution in [1.82, 2.24) is 0 Å². The molecule has 2 heterocycles. The third kappa shape index (κ3) is 4.83. The smallest absolute Gasteiger partial charge is 0.171 e. The Kier molecular flexibility index (Phi) is 6.89. The Bertz CT molecular complexity index is 1730. The van der Waals surface area contributed by atoms with Gasteiger partial charge in [0.05, 0.1) is 10.8 Å². The molecule has 0 radical (unpaired) electrons. The largest absolute Gasteiger partial charge is 0.394 e. The number of pyridine rings is 1. The van der Waals surface area contributed by atoms with Gasteiger partial charge in [-0.3, -0.25) is 0 Å². The molecule has 2 aromatic heterocycles. The molecule has 208 valence electrons. The van der Waals surface area contributed by atoms with Crippen molar-refractivity contribution in [1.29, 1.82) is 0 Å². The number of alkyl halides is 3. The van der Waals surface area contributed by atoms with Crippen LogP contribution in [0.1, 0.15) is 62.6 Å². The predicted molar refractivity (Wildman–Crippen MR) is 163 cm³/mol. The maximum absolute atomic E-state index is 13.4. The van der Waals surface area contributed by atoms with Crippen LogP contribution in [0.2, 0.25) is 0 Å². The van der Waals surface area contributed by atoms with Crippen molar-refractivity contribution in [2.24, 2.45) is 5.41 Å². The van der Waals surface area contributed by atoms with Crippen LogP contribution in [0.4, 0.5) is 13.2 Å². The van der Waals surface area contributed by atoms with Crippen molar-refractivity contribution in [3.63, 3.8) is 0 Å². The number of benzene rings is 3. The van der Waals surface area contributed by atoms with Gasteiger partial charge < -0.3 is 0 Å². The maximum atomic E-state index is 13.4. The highest BCUT2D eigenvalue weighted by Gasteiger charge is 2.47. The van der Waals surface area contributed by atoms with E-state index in [1.165, 1.54) is 57.2 Å². The molecule has 0 N–H and O–H groups in total. The summed E-state index contributed by atoms with van der Waals surface area (Å²) in [7, 11) is 0. The van der Waals surface area contributed by atoms with Gasteiger partial charge in [0.1, 0.15) is 0 Å². The Balaban J connectivity index is 1.67. The van der Waals surface area contributed by atoms with Crippen LogP contribution in [0.3, 0.4) is 0 Å². The van der Waals surface area contributed by atoms with Crippen LogP contribution in [0.15, 0.2) is 66.7 Å². The van der Waals surface area contributed by atoms with E-state index in [1.54, 1.807) is 11.3 Å². The molecule has 0 fully saturated rings. The molecule has 1 nitrogen and oxygen atoms in total. The molecule has 0 aliphatic carbocycles. The summed E-state index contributed by atoms with van der Waals surface area (Å²) in [6.45, 7) is 15.8. The number of aryl methyl sites for hydroxylation is 3. The van der Waals surface area contributed by atoms with Crippen molar-refractivity contribution in [3.05, 3.63) is 94.7 Å². The second-order valence-corrected chi connectivity index (χ2v) is 13.7. The van der Waals surface area contributed by atoms with Crippen molar-refractivity contribution in [2.45, 2.75) is 73.4 Å². The quantitative estimate of drug-likeness (QED) is 0.193. The van der Waals surface area contributed by atoms with Crippen LogP contribution >= 0.6 is 11.3 Å². The molecule has 5 rings (SSSR count). The van der Waals surface area contributed by atoms with Gasteiger partial charge in [-0.1, -0.05) is 94.5 Å². The first-order valence-corrected chi connectivity index (χ1v) is 14.6. The Morgan fingerprint density at radius 3 is 1.95 bits per heavy atom. The molecule has 0 aliphatic heterocycles. The van der Waals surface area contributed by atoms with E-state index in [0.717, 1.165) is 16.1 Å². The molecule has 0 unspecified atom stereocenters. The van der Waals surface area contributed by atoms with Gasteiger partial charge in [0, 0.05) is 29.5 Å². The van der Waals surface area contributed by atoms with Crippen LogP contribution in [-0.4, -0.2) is 6.18 Å². The molecule has 5 heteroatoms. The molecule has 0 saturated heterocycles. The standard InChI is InChI=1S/C35H37F3NS/c1-21-13-18-27-23(3)31(25-16-14-24(15-17-25)20-34(7,8)35(36,37)38)40-32(27)39(21)30-19-29(33(4,5)6)28-12-10-9-11-26(28)22(30)2/h9-19H,20H2,1-8H3/q+1. The minimum atomic E-state index is -4.24. The summed E-state index contributed by atoms with van der Waals surface area (Å²) in [5.41, 5.74) is 6.02. The number of halogens is 3. The molecule has 0 bridgehead atoms. The Morgan fingerprint density at radius 1 is 0.725 bits per heavy atom. The van der Waals surface area contributed by atoms with Crippen molar-refractivity contribution >= 4 is 32.3 Å². The van der Waals surface area contributed by atoms with E-state index < -0.39 is 11.6 Å². The minimum absolute atomic E-state index is 0.0244. The third-order valence-electron chi connectivity index (χ3n) is 8.19. The number of rotatable bonds is 4. The highest BCUT2D eigenvalue weighted by Crippen LogP contribution is 2.42. The number of hydrogen-bond acceptors (Lipinski definition) is 1. The highest BCUT2D eigenvalue weighted by atomic mass is 32.1. The highest BCUT2D eigenvalue weighted by molar-refractivity contribution is 7.21. The number of nitrogens with zero attached hydrogens (tertiary/aromatic N) is 1. The number of aromatic nitrogens is 1. The zero-order valence-corrected chi connectivity index (χ0v) is 25.4. The predicted octanol–water partition coefficient (Wildman–Crippen LogP) is 10.4. The topological polar surface area (TPSA) is 3.88 Å². The van der Waals surface area contributed by atoms with Gasteiger partial charge in [-0.05, 0) is 64.8 Å². The summed E-state index contributed by atoms with van der Waals surface area (Å²) in [4.78, 5) is 2.32. The molecule has 0 spiro atoms. The lowest BCUT2D eigenvalue weighted by Gasteiger charge is -2.27. The fourth-order valence-corrected chi connectivity index (χ4v) is 7.00. The first-order valence-electron chi connectivity index (χ1n) is 13.7. The molecule has 0 aliphatic rings. The van der Waals surface area contributed by atoms with E-state index in [4.69, 9.17) is 0 Å². The maximum Gasteiger partial charge on any atom is 0.394 e. The summed E-state index contributed by atoms with van der Waals surface area (Å²) in [6, 6.07) is 23.0. The van der Waals surface area contributed by atoms with E-state index in [2.05, 4.69) is 88.6 Å². The van der Waals surface area contributed by atoms with E-state index >= 15 is 0 Å². The van der Waals surface area contributed by atoms with Gasteiger partial charge in [-0.15, -0.1) is 4.57 Å². The van der Waals surface area contributed by atoms with Crippen molar-refractivity contribution in [2.75, 3.05) is 0 Å². The average molecular weight is 561 g/mol. The second kappa shape index (κ2) is 9.73. The van der Waals surface area contributed by atoms with Gasteiger partial charge in [0.2, 0.25) is 5.69 Å². The average Bonchev–Trinajstić information content (AvgIpc) is 3.20. The van der Waals surface area contributed by atoms with E-state index in [0.29, 0.717) is 5.56 Å². The Labute approximate surface area is 239 Å². The molecule has 0 atom stereocenters. The van der Waals surface area contributed by atoms with E-state index in [1.807, 2.05) is 24.3 Å². The lowest BCUT2D eigenvalue weighted by molar-refractivity contribution is -0.572. The molecule has 40 heavy (non-hydrogen) atoms. The van der Waals surface area contributed by atoms with Gasteiger partial charge in [0.25, 0.3) is 4.83 Å². The van der Waals surface area contributed by atoms with Gasteiger partial charge in [-0.2, -0.15) is 13.2 Å². The molecule has 0 saturated carbocycles. The Hall–Kier alpha value is -3.18. The third-order valence-corrected chi connectivity index (χ3v) is 9.53. The molecular weight excluding hydrogens is 523 g/mol. The monoisotopic (exact) mass is 560 g/mol. The first kappa shape index (κ1) is 28.4. The lowest BCUT2D eigenvalue weighted by Crippen LogP contribution is -2.36. The zero-order valence-electron chi connectivity index (χ0n) is 24.5. The normalized spacial score (nSPS) is 13.0. The summed E-state index contributed by atoms with van der Waals surface area (Å²) < 4.78 is 42.7. The van der Waals surface area contributed by atoms with Crippen LogP contribution < -0.4 is 4.57 Å². The number of hydrogen-bond donors (Lipinski definition) is 0. The molecule has 3 aromatic carbocycles. The van der Waals surface area contributed by atoms with E-state index in [9.17, 15) is 13.2 Å². The number of thiophene rings is 1. The van der Waals surface area contributed by atoms with Crippen LogP contribution in [0.25, 0.3) is 37.1 Å². The summed E-state index contributed by atoms with van der Waals surface area (Å²) in [5, 5.41) is 3.75. The summed E-state index contributed by atoms with van der Waals surface area (Å²) in [5.74, 6) is 0. The van der Waals surface area contributed by atoms with Gasteiger partial charge in [-0.25, -0.2) is 0 Å². The fraction of sp³-hybridized carbons (Fsp3) is 0.343. The van der Waals surface area contributed by atoms with Crippen LogP contribution in [-0.2, 0) is 11.8 Å². The van der Waals surface area contributed by atoms with Crippen LogP contribution in [0.5, 0.6) is 0 Å². The zero-order chi connectivity index (χ0) is 29.2. The van der Waals surface area contributed by atoms with Crippen molar-refractivity contribution in [3.8, 4) is 16.1 Å². The van der Waals surface area contributed by atoms with Gasteiger partial charge >= 0.3 is 6.18 Å². The van der Waals surface area contributed by atoms with Crippen molar-refractivity contribution < 1.29 is 17.7 Å².